The van der Waals surface area contributed by atoms with Crippen molar-refractivity contribution in [1.29, 1.82) is 0 Å². The van der Waals surface area contributed by atoms with Crippen LogP contribution in [-0.4, -0.2) is 59.2 Å². The van der Waals surface area contributed by atoms with Gasteiger partial charge in [-0.2, -0.15) is 4.98 Å². The molecule has 2 heterocycles. The third-order valence-corrected chi connectivity index (χ3v) is 4.05. The summed E-state index contributed by atoms with van der Waals surface area (Å²) in [6, 6.07) is 8.16. The first-order valence-corrected chi connectivity index (χ1v) is 7.79. The Morgan fingerprint density at radius 2 is 1.77 bits per heavy atom. The molecule has 6 nitrogen and oxygen atoms in total. The molecule has 22 heavy (non-hydrogen) atoms. The number of nitrogens with two attached hydrogens (primary N) is 1. The molecule has 0 atom stereocenters. The molecule has 1 saturated heterocycles. The average Bonchev–Trinajstić information content (AvgIpc) is 2.99. The highest BCUT2D eigenvalue weighted by Crippen LogP contribution is 2.17. The normalized spacial score (nSPS) is 17.0. The van der Waals surface area contributed by atoms with E-state index in [0.717, 1.165) is 51.4 Å². The molecule has 1 aliphatic heterocycles. The Morgan fingerprint density at radius 3 is 2.45 bits per heavy atom. The van der Waals surface area contributed by atoms with Gasteiger partial charge in [-0.1, -0.05) is 35.0 Å². The number of hydrogen-bond donors (Lipinski definition) is 1. The standard InChI is InChI=1S/C16H23N5O/c1-13-2-4-14(5-3-13)16-18-15(22-19-16)12-21-10-8-20(7-6-17)9-11-21/h2-5H,6-12,17H2,1H3. The minimum atomic E-state index is 0.664. The highest BCUT2D eigenvalue weighted by molar-refractivity contribution is 5.54. The van der Waals surface area contributed by atoms with Crippen molar-refractivity contribution in [2.24, 2.45) is 5.73 Å². The SMILES string of the molecule is Cc1ccc(-c2noc(CN3CCN(CCN)CC3)n2)cc1. The Labute approximate surface area is 130 Å². The molecule has 3 rings (SSSR count). The average molecular weight is 301 g/mol. The Bertz CT molecular complexity index is 587. The number of nitrogens with zero attached hydrogens (tertiary/aromatic N) is 4. The maximum atomic E-state index is 5.60. The molecule has 0 unspecified atom stereocenters. The van der Waals surface area contributed by atoms with E-state index in [9.17, 15) is 0 Å². The molecular formula is C16H23N5O. The van der Waals surface area contributed by atoms with Gasteiger partial charge < -0.3 is 10.3 Å². The summed E-state index contributed by atoms with van der Waals surface area (Å²) in [6.07, 6.45) is 0. The zero-order valence-corrected chi connectivity index (χ0v) is 13.0. The van der Waals surface area contributed by atoms with Crippen LogP contribution in [0, 0.1) is 6.92 Å². The molecule has 0 amide bonds. The van der Waals surface area contributed by atoms with E-state index in [1.54, 1.807) is 0 Å². The first-order chi connectivity index (χ1) is 10.7. The lowest BCUT2D eigenvalue weighted by Crippen LogP contribution is -2.47. The van der Waals surface area contributed by atoms with Crippen LogP contribution in [0.5, 0.6) is 0 Å². The smallest absolute Gasteiger partial charge is 0.241 e. The van der Waals surface area contributed by atoms with Gasteiger partial charge >= 0.3 is 0 Å². The summed E-state index contributed by atoms with van der Waals surface area (Å²) < 4.78 is 5.39. The van der Waals surface area contributed by atoms with Crippen LogP contribution in [0.3, 0.4) is 0 Å². The highest BCUT2D eigenvalue weighted by atomic mass is 16.5. The molecule has 1 aromatic heterocycles. The Hall–Kier alpha value is -1.76. The third kappa shape index (κ3) is 3.71. The summed E-state index contributed by atoms with van der Waals surface area (Å²) in [5.41, 5.74) is 7.82. The predicted molar refractivity (Wildman–Crippen MR) is 85.2 cm³/mol. The van der Waals surface area contributed by atoms with Gasteiger partial charge in [0.15, 0.2) is 0 Å². The van der Waals surface area contributed by atoms with Crippen molar-refractivity contribution in [3.63, 3.8) is 0 Å². The lowest BCUT2D eigenvalue weighted by Gasteiger charge is -2.33. The fraction of sp³-hybridized carbons (Fsp3) is 0.500. The molecule has 1 fully saturated rings. The number of aryl methyl sites for hydroxylation is 1. The van der Waals surface area contributed by atoms with Crippen molar-refractivity contribution < 1.29 is 4.52 Å². The van der Waals surface area contributed by atoms with Crippen molar-refractivity contribution in [2.45, 2.75) is 13.5 Å². The van der Waals surface area contributed by atoms with E-state index >= 15 is 0 Å². The molecule has 0 radical (unpaired) electrons. The number of rotatable bonds is 5. The van der Waals surface area contributed by atoms with Crippen molar-refractivity contribution in [3.05, 3.63) is 35.7 Å². The van der Waals surface area contributed by atoms with Gasteiger partial charge in [-0.25, -0.2) is 0 Å². The van der Waals surface area contributed by atoms with E-state index in [-0.39, 0.29) is 0 Å². The minimum absolute atomic E-state index is 0.664. The van der Waals surface area contributed by atoms with Crippen molar-refractivity contribution in [1.82, 2.24) is 19.9 Å². The zero-order chi connectivity index (χ0) is 15.4. The quantitative estimate of drug-likeness (QED) is 0.892. The maximum Gasteiger partial charge on any atom is 0.241 e. The Kier molecular flexibility index (Phi) is 4.82. The van der Waals surface area contributed by atoms with Crippen LogP contribution in [0.4, 0.5) is 0 Å². The van der Waals surface area contributed by atoms with Gasteiger partial charge in [-0.15, -0.1) is 0 Å². The molecule has 1 aromatic carbocycles. The summed E-state index contributed by atoms with van der Waals surface area (Å²) in [4.78, 5) is 9.24. The zero-order valence-electron chi connectivity index (χ0n) is 13.0. The number of aromatic nitrogens is 2. The fourth-order valence-electron chi connectivity index (χ4n) is 2.68. The van der Waals surface area contributed by atoms with Gasteiger partial charge in [0.05, 0.1) is 6.54 Å². The molecular weight excluding hydrogens is 278 g/mol. The van der Waals surface area contributed by atoms with E-state index in [4.69, 9.17) is 10.3 Å². The molecule has 0 spiro atoms. The number of hydrogen-bond acceptors (Lipinski definition) is 6. The fourth-order valence-corrected chi connectivity index (χ4v) is 2.68. The molecule has 0 bridgehead atoms. The van der Waals surface area contributed by atoms with E-state index in [1.807, 2.05) is 12.1 Å². The number of piperazine rings is 1. The van der Waals surface area contributed by atoms with Gasteiger partial charge in [0.1, 0.15) is 0 Å². The lowest BCUT2D eigenvalue weighted by molar-refractivity contribution is 0.119. The second kappa shape index (κ2) is 7.00. The van der Waals surface area contributed by atoms with Gasteiger partial charge in [0.2, 0.25) is 11.7 Å². The van der Waals surface area contributed by atoms with Gasteiger partial charge in [0, 0.05) is 44.8 Å². The van der Waals surface area contributed by atoms with Crippen molar-refractivity contribution in [2.75, 3.05) is 39.3 Å². The highest BCUT2D eigenvalue weighted by Gasteiger charge is 2.18. The van der Waals surface area contributed by atoms with Crippen LogP contribution >= 0.6 is 0 Å². The summed E-state index contributed by atoms with van der Waals surface area (Å²) in [7, 11) is 0. The summed E-state index contributed by atoms with van der Waals surface area (Å²) in [5, 5.41) is 4.09. The maximum absolute atomic E-state index is 5.60. The topological polar surface area (TPSA) is 71.4 Å². The van der Waals surface area contributed by atoms with Crippen LogP contribution < -0.4 is 5.73 Å². The summed E-state index contributed by atoms with van der Waals surface area (Å²) in [6.45, 7) is 8.62. The first kappa shape index (κ1) is 15.1. The van der Waals surface area contributed by atoms with Crippen LogP contribution in [0.25, 0.3) is 11.4 Å². The van der Waals surface area contributed by atoms with Crippen LogP contribution in [0.1, 0.15) is 11.5 Å². The molecule has 2 aromatic rings. The van der Waals surface area contributed by atoms with Crippen LogP contribution in [0.2, 0.25) is 0 Å². The van der Waals surface area contributed by atoms with Crippen LogP contribution in [-0.2, 0) is 6.54 Å². The van der Waals surface area contributed by atoms with Gasteiger partial charge in [-0.05, 0) is 6.92 Å². The molecule has 1 aliphatic rings. The van der Waals surface area contributed by atoms with Crippen molar-refractivity contribution in [3.8, 4) is 11.4 Å². The molecule has 0 saturated carbocycles. The second-order valence-corrected chi connectivity index (χ2v) is 5.78. The summed E-state index contributed by atoms with van der Waals surface area (Å²) >= 11 is 0. The van der Waals surface area contributed by atoms with E-state index in [2.05, 4.69) is 39.0 Å². The van der Waals surface area contributed by atoms with Crippen molar-refractivity contribution >= 4 is 0 Å². The second-order valence-electron chi connectivity index (χ2n) is 5.78. The lowest BCUT2D eigenvalue weighted by atomic mass is 10.1. The third-order valence-electron chi connectivity index (χ3n) is 4.05. The van der Waals surface area contributed by atoms with E-state index in [0.29, 0.717) is 11.7 Å². The first-order valence-electron chi connectivity index (χ1n) is 7.79. The Morgan fingerprint density at radius 1 is 1.09 bits per heavy atom. The molecule has 6 heteroatoms. The molecule has 2 N–H and O–H groups in total. The van der Waals surface area contributed by atoms with Crippen LogP contribution in [0.15, 0.2) is 28.8 Å². The molecule has 0 aliphatic carbocycles. The minimum Gasteiger partial charge on any atom is -0.338 e. The van der Waals surface area contributed by atoms with Gasteiger partial charge in [-0.3, -0.25) is 9.80 Å². The van der Waals surface area contributed by atoms with E-state index in [1.165, 1.54) is 5.56 Å². The Balaban J connectivity index is 1.57. The summed E-state index contributed by atoms with van der Waals surface area (Å²) in [5.74, 6) is 1.35. The monoisotopic (exact) mass is 301 g/mol. The molecule has 118 valence electrons. The van der Waals surface area contributed by atoms with E-state index < -0.39 is 0 Å². The predicted octanol–water partition coefficient (Wildman–Crippen LogP) is 1.12. The van der Waals surface area contributed by atoms with Gasteiger partial charge in [0.25, 0.3) is 0 Å². The number of benzene rings is 1. The largest absolute Gasteiger partial charge is 0.338 e.